The number of nitrogens with zero attached hydrogens (tertiary/aromatic N) is 3. The zero-order chi connectivity index (χ0) is 25.1. The van der Waals surface area contributed by atoms with E-state index in [2.05, 4.69) is 20.6 Å². The molecule has 178 valence electrons. The Bertz CT molecular complexity index is 1350. The van der Waals surface area contributed by atoms with E-state index in [1.807, 2.05) is 6.07 Å². The third-order valence-electron chi connectivity index (χ3n) is 5.26. The molecule has 2 amide bonds. The number of hydrogen-bond acceptors (Lipinski definition) is 6. The molecule has 2 aromatic carbocycles. The number of carbonyl (C=O) groups excluding carboxylic acids is 2. The standard InChI is InChI=1S/C25H23ClN6O3/c1-14(27)9-19(33)13-32(2)24(35)15-3-6-18(7-4-15)29-25-28-12-16-10-22(34)30-21-11-17(26)5-8-20(21)23(16)31-25/h3-9,11-12,27,33H,10,13H2,1-2H3,(H,30,34)(H,28,29,31)/p+1/b19-9-,27-14?. The van der Waals surface area contributed by atoms with Crippen LogP contribution < -0.4 is 10.6 Å². The lowest BCUT2D eigenvalue weighted by atomic mass is 10.1. The van der Waals surface area contributed by atoms with Gasteiger partial charge in [0.2, 0.25) is 11.9 Å². The molecule has 2 heterocycles. The van der Waals surface area contributed by atoms with Gasteiger partial charge in [0, 0.05) is 46.4 Å². The van der Waals surface area contributed by atoms with Crippen molar-refractivity contribution in [1.82, 2.24) is 14.9 Å². The molecule has 1 aliphatic heterocycles. The van der Waals surface area contributed by atoms with Crippen molar-refractivity contribution in [2.24, 2.45) is 0 Å². The molecule has 1 aromatic heterocycles. The van der Waals surface area contributed by atoms with Crippen LogP contribution in [0.2, 0.25) is 5.02 Å². The summed E-state index contributed by atoms with van der Waals surface area (Å²) in [6, 6.07) is 12.1. The zero-order valence-corrected chi connectivity index (χ0v) is 19.9. The van der Waals surface area contributed by atoms with Crippen molar-refractivity contribution in [3.8, 4) is 11.3 Å². The second-order valence-electron chi connectivity index (χ2n) is 8.20. The van der Waals surface area contributed by atoms with Crippen LogP contribution in [0.1, 0.15) is 22.8 Å². The van der Waals surface area contributed by atoms with Crippen LogP contribution in [0.15, 0.2) is 60.5 Å². The van der Waals surface area contributed by atoms with Gasteiger partial charge in [0.05, 0.1) is 23.9 Å². The van der Waals surface area contributed by atoms with Crippen molar-refractivity contribution in [3.05, 3.63) is 76.6 Å². The number of fused-ring (bicyclic) bond motifs is 3. The minimum Gasteiger partial charge on any atom is -0.595 e. The summed E-state index contributed by atoms with van der Waals surface area (Å²) in [4.78, 5) is 35.3. The lowest BCUT2D eigenvalue weighted by Gasteiger charge is -2.15. The van der Waals surface area contributed by atoms with Gasteiger partial charge in [-0.05, 0) is 49.4 Å². The first kappa shape index (κ1) is 23.9. The summed E-state index contributed by atoms with van der Waals surface area (Å²) >= 11 is 6.10. The van der Waals surface area contributed by atoms with E-state index in [1.165, 1.54) is 11.0 Å². The quantitative estimate of drug-likeness (QED) is 0.274. The summed E-state index contributed by atoms with van der Waals surface area (Å²) in [6.07, 6.45) is 3.19. The molecule has 1 aliphatic rings. The third-order valence-corrected chi connectivity index (χ3v) is 5.49. The number of nitrogens with one attached hydrogen (secondary N) is 3. The Morgan fingerprint density at radius 2 is 2.03 bits per heavy atom. The molecule has 0 unspecified atom stereocenters. The van der Waals surface area contributed by atoms with Gasteiger partial charge < -0.3 is 26.0 Å². The zero-order valence-electron chi connectivity index (χ0n) is 19.1. The average Bonchev–Trinajstić information content (AvgIpc) is 2.93. The molecule has 3 aromatic rings. The van der Waals surface area contributed by atoms with Crippen LogP contribution in [0.3, 0.4) is 0 Å². The Hall–Kier alpha value is -4.24. The van der Waals surface area contributed by atoms with Crippen LogP contribution in [0.4, 0.5) is 17.3 Å². The number of amides is 2. The summed E-state index contributed by atoms with van der Waals surface area (Å²) < 4.78 is 0. The number of rotatable bonds is 6. The molecular formula is C25H24ClN6O3+. The molecule has 0 saturated carbocycles. The molecule has 0 atom stereocenters. The average molecular weight is 492 g/mol. The van der Waals surface area contributed by atoms with E-state index < -0.39 is 0 Å². The molecule has 0 fully saturated rings. The highest BCUT2D eigenvalue weighted by atomic mass is 35.5. The molecule has 0 bridgehead atoms. The van der Waals surface area contributed by atoms with E-state index >= 15 is 0 Å². The van der Waals surface area contributed by atoms with Gasteiger partial charge in [0.1, 0.15) is 6.54 Å². The van der Waals surface area contributed by atoms with Crippen molar-refractivity contribution >= 4 is 46.5 Å². The Labute approximate surface area is 207 Å². The van der Waals surface area contributed by atoms with Gasteiger partial charge >= 0.3 is 0 Å². The van der Waals surface area contributed by atoms with Crippen LogP contribution in [0.25, 0.3) is 11.3 Å². The molecule has 35 heavy (non-hydrogen) atoms. The molecular weight excluding hydrogens is 468 g/mol. The van der Waals surface area contributed by atoms with E-state index in [0.717, 1.165) is 5.56 Å². The molecule has 5 N–H and O–H groups in total. The number of benzene rings is 2. The molecule has 9 nitrogen and oxygen atoms in total. The van der Waals surface area contributed by atoms with Gasteiger partial charge in [0.25, 0.3) is 11.7 Å². The molecule has 4 rings (SSSR count). The van der Waals surface area contributed by atoms with Crippen molar-refractivity contribution < 1.29 is 14.7 Å². The maximum Gasteiger partial charge on any atom is 0.254 e. The van der Waals surface area contributed by atoms with Crippen molar-refractivity contribution in [3.63, 3.8) is 0 Å². The number of aromatic nitrogens is 2. The van der Waals surface area contributed by atoms with E-state index in [-0.39, 0.29) is 36.3 Å². The fourth-order valence-corrected chi connectivity index (χ4v) is 3.88. The van der Waals surface area contributed by atoms with Gasteiger partial charge in [-0.3, -0.25) is 9.59 Å². The summed E-state index contributed by atoms with van der Waals surface area (Å²) in [7, 11) is 1.62. The van der Waals surface area contributed by atoms with Crippen molar-refractivity contribution in [2.75, 3.05) is 24.2 Å². The summed E-state index contributed by atoms with van der Waals surface area (Å²) in [5, 5.41) is 21.8. The predicted octanol–water partition coefficient (Wildman–Crippen LogP) is 3.76. The highest BCUT2D eigenvalue weighted by Crippen LogP contribution is 2.34. The number of hydrogen-bond donors (Lipinski definition) is 3. The lowest BCUT2D eigenvalue weighted by Crippen LogP contribution is -2.28. The van der Waals surface area contributed by atoms with E-state index in [0.29, 0.717) is 39.2 Å². The summed E-state index contributed by atoms with van der Waals surface area (Å²) in [6.45, 7) is 1.70. The first-order chi connectivity index (χ1) is 16.7. The number of halogens is 1. The Morgan fingerprint density at radius 3 is 2.74 bits per heavy atom. The largest absolute Gasteiger partial charge is 0.595 e. The highest BCUT2D eigenvalue weighted by molar-refractivity contribution is 6.31. The van der Waals surface area contributed by atoms with Gasteiger partial charge in [-0.15, -0.1) is 0 Å². The second kappa shape index (κ2) is 9.94. The molecule has 0 spiro atoms. The second-order valence-corrected chi connectivity index (χ2v) is 8.63. The Balaban J connectivity index is 1.52. The Morgan fingerprint density at radius 1 is 1.29 bits per heavy atom. The van der Waals surface area contributed by atoms with Crippen LogP contribution in [0, 0.1) is 5.41 Å². The number of carbonyl (C=O) groups is 2. The molecule has 0 saturated heterocycles. The van der Waals surface area contributed by atoms with Gasteiger partial charge in [-0.2, -0.15) is 0 Å². The van der Waals surface area contributed by atoms with Gasteiger partial charge in [-0.25, -0.2) is 9.97 Å². The summed E-state index contributed by atoms with van der Waals surface area (Å²) in [5.74, 6) is 0.141. The maximum atomic E-state index is 12.7. The minimum absolute atomic E-state index is 0.113. The van der Waals surface area contributed by atoms with E-state index in [1.54, 1.807) is 56.6 Å². The van der Waals surface area contributed by atoms with Crippen LogP contribution in [-0.2, 0) is 11.2 Å². The number of anilines is 3. The monoisotopic (exact) mass is 491 g/mol. The van der Waals surface area contributed by atoms with Crippen LogP contribution in [0.5, 0.6) is 0 Å². The first-order valence-corrected chi connectivity index (χ1v) is 11.1. The molecule has 10 heteroatoms. The summed E-state index contributed by atoms with van der Waals surface area (Å²) in [5.41, 5.74) is 4.12. The van der Waals surface area contributed by atoms with E-state index in [4.69, 9.17) is 22.1 Å². The maximum absolute atomic E-state index is 12.7. The van der Waals surface area contributed by atoms with Crippen LogP contribution >= 0.6 is 11.6 Å². The minimum atomic E-state index is -0.231. The van der Waals surface area contributed by atoms with E-state index in [9.17, 15) is 9.59 Å². The SMILES string of the molecule is CC(=N)/C=C(\[OH2+])CN(C)C(=O)c1ccc(Nc2ncc3c(n2)-c2ccc(Cl)cc2NC(=O)C3)cc1. The Kier molecular flexibility index (Phi) is 6.79. The predicted molar refractivity (Wildman–Crippen MR) is 137 cm³/mol. The van der Waals surface area contributed by atoms with Crippen LogP contribution in [-0.4, -0.2) is 51.1 Å². The van der Waals surface area contributed by atoms with Crippen molar-refractivity contribution in [1.29, 1.82) is 5.41 Å². The normalized spacial score (nSPS) is 12.7. The smallest absolute Gasteiger partial charge is 0.254 e. The fraction of sp³-hybridized carbons (Fsp3) is 0.160. The van der Waals surface area contributed by atoms with Gasteiger partial charge in [-0.1, -0.05) is 11.6 Å². The third kappa shape index (κ3) is 5.64. The first-order valence-electron chi connectivity index (χ1n) is 10.7. The fourth-order valence-electron chi connectivity index (χ4n) is 3.70. The number of likely N-dealkylation sites (N-methyl/N-ethyl adjacent to an activating group) is 1. The molecule has 0 radical (unpaired) electrons. The van der Waals surface area contributed by atoms with Crippen molar-refractivity contribution in [2.45, 2.75) is 13.3 Å². The van der Waals surface area contributed by atoms with Gasteiger partial charge in [0.15, 0.2) is 0 Å². The number of allylic oxidation sites excluding steroid dienone is 1. The highest BCUT2D eigenvalue weighted by Gasteiger charge is 2.21. The topological polar surface area (TPSA) is 134 Å². The molecule has 0 aliphatic carbocycles. The lowest BCUT2D eigenvalue weighted by molar-refractivity contribution is -0.115.